The maximum atomic E-state index is 4.30. The fraction of sp³-hybridized carbons (Fsp3) is 0.273. The summed E-state index contributed by atoms with van der Waals surface area (Å²) >= 11 is 0. The van der Waals surface area contributed by atoms with Crippen LogP contribution >= 0.6 is 0 Å². The van der Waals surface area contributed by atoms with Gasteiger partial charge in [-0.1, -0.05) is 85.0 Å². The van der Waals surface area contributed by atoms with Crippen LogP contribution < -0.4 is 0 Å². The number of likely N-dealkylation sites (tertiary alicyclic amines) is 1. The smallest absolute Gasteiger partial charge is 0.0602 e. The average Bonchev–Trinajstić information content (AvgIpc) is 3.12. The van der Waals surface area contributed by atoms with Crippen LogP contribution in [0, 0.1) is 11.8 Å². The highest BCUT2D eigenvalue weighted by Gasteiger charge is 2.43. The van der Waals surface area contributed by atoms with Crippen molar-refractivity contribution >= 4 is 0 Å². The van der Waals surface area contributed by atoms with Gasteiger partial charge in [0.15, 0.2) is 0 Å². The third-order valence-electron chi connectivity index (χ3n) is 5.45. The van der Waals surface area contributed by atoms with E-state index in [1.807, 2.05) is 0 Å². The quantitative estimate of drug-likeness (QED) is 0.733. The summed E-state index contributed by atoms with van der Waals surface area (Å²) in [6.07, 6.45) is 1.03. The second kappa shape index (κ2) is 5.82. The predicted octanol–water partition coefficient (Wildman–Crippen LogP) is 4.84. The first-order chi connectivity index (χ1) is 11.2. The van der Waals surface area contributed by atoms with Gasteiger partial charge in [-0.25, -0.2) is 0 Å². The van der Waals surface area contributed by atoms with Crippen molar-refractivity contribution in [2.75, 3.05) is 13.1 Å². The monoisotopic (exact) mass is 301 g/mol. The van der Waals surface area contributed by atoms with Gasteiger partial charge >= 0.3 is 0 Å². The van der Waals surface area contributed by atoms with Crippen molar-refractivity contribution < 1.29 is 0 Å². The highest BCUT2D eigenvalue weighted by atomic mass is 15.2. The SMILES string of the molecule is C=C1CC(=C)[C@@H]2CN(C(c3ccccc3)c3ccccc3)C[C@H]12. The molecule has 1 heteroatoms. The standard InChI is InChI=1S/C22H23N/c1-16-13-17(2)21-15-23(14-20(16)21)22(18-9-5-3-6-10-18)19-11-7-4-8-12-19/h3-12,20-22H,1-2,13-15H2/t20-,21+. The van der Waals surface area contributed by atoms with Crippen molar-refractivity contribution in [3.05, 3.63) is 96.1 Å². The van der Waals surface area contributed by atoms with Crippen LogP contribution in [-0.4, -0.2) is 18.0 Å². The molecule has 116 valence electrons. The number of benzene rings is 2. The molecule has 0 aromatic heterocycles. The molecule has 1 nitrogen and oxygen atoms in total. The Bertz CT molecular complexity index is 655. The molecule has 2 atom stereocenters. The van der Waals surface area contributed by atoms with Crippen LogP contribution in [0.25, 0.3) is 0 Å². The highest BCUT2D eigenvalue weighted by molar-refractivity contribution is 5.35. The molecule has 2 aromatic carbocycles. The zero-order valence-electron chi connectivity index (χ0n) is 13.5. The molecule has 0 N–H and O–H groups in total. The van der Waals surface area contributed by atoms with Gasteiger partial charge in [0.05, 0.1) is 6.04 Å². The van der Waals surface area contributed by atoms with E-state index in [0.29, 0.717) is 17.9 Å². The van der Waals surface area contributed by atoms with E-state index in [4.69, 9.17) is 0 Å². The minimum absolute atomic E-state index is 0.323. The topological polar surface area (TPSA) is 3.24 Å². The third kappa shape index (κ3) is 2.55. The van der Waals surface area contributed by atoms with Gasteiger partial charge < -0.3 is 0 Å². The molecule has 1 saturated heterocycles. The van der Waals surface area contributed by atoms with Gasteiger partial charge in [-0.15, -0.1) is 0 Å². The van der Waals surface area contributed by atoms with Crippen molar-refractivity contribution in [2.45, 2.75) is 12.5 Å². The van der Waals surface area contributed by atoms with E-state index in [1.54, 1.807) is 0 Å². The summed E-state index contributed by atoms with van der Waals surface area (Å²) in [6, 6.07) is 22.0. The van der Waals surface area contributed by atoms with Crippen LogP contribution in [0.5, 0.6) is 0 Å². The van der Waals surface area contributed by atoms with Crippen LogP contribution in [0.2, 0.25) is 0 Å². The van der Waals surface area contributed by atoms with Crippen molar-refractivity contribution in [3.63, 3.8) is 0 Å². The third-order valence-corrected chi connectivity index (χ3v) is 5.45. The molecular weight excluding hydrogens is 278 g/mol. The molecule has 2 aliphatic rings. The Kier molecular flexibility index (Phi) is 3.66. The minimum Gasteiger partial charge on any atom is -0.291 e. The fourth-order valence-corrected chi connectivity index (χ4v) is 4.31. The van der Waals surface area contributed by atoms with E-state index in [9.17, 15) is 0 Å². The molecule has 1 heterocycles. The van der Waals surface area contributed by atoms with Gasteiger partial charge in [0, 0.05) is 24.9 Å². The summed E-state index contributed by atoms with van der Waals surface area (Å²) in [5, 5.41) is 0. The molecule has 2 fully saturated rings. The Morgan fingerprint density at radius 2 is 1.17 bits per heavy atom. The van der Waals surface area contributed by atoms with E-state index in [2.05, 4.69) is 78.7 Å². The largest absolute Gasteiger partial charge is 0.291 e. The normalized spacial score (nSPS) is 24.4. The fourth-order valence-electron chi connectivity index (χ4n) is 4.31. The van der Waals surface area contributed by atoms with Crippen LogP contribution in [0.4, 0.5) is 0 Å². The zero-order valence-corrected chi connectivity index (χ0v) is 13.5. The molecule has 0 unspecified atom stereocenters. The second-order valence-corrected chi connectivity index (χ2v) is 6.88. The van der Waals surface area contributed by atoms with Crippen molar-refractivity contribution in [3.8, 4) is 0 Å². The minimum atomic E-state index is 0.323. The number of rotatable bonds is 3. The summed E-state index contributed by atoms with van der Waals surface area (Å²) in [7, 11) is 0. The molecular formula is C22H23N. The molecule has 1 saturated carbocycles. The van der Waals surface area contributed by atoms with Gasteiger partial charge in [0.1, 0.15) is 0 Å². The molecule has 1 aliphatic heterocycles. The molecule has 0 spiro atoms. The average molecular weight is 301 g/mol. The summed E-state index contributed by atoms with van der Waals surface area (Å²) in [6.45, 7) is 10.8. The van der Waals surface area contributed by atoms with Crippen LogP contribution in [0.3, 0.4) is 0 Å². The molecule has 1 aliphatic carbocycles. The first kappa shape index (κ1) is 14.5. The van der Waals surface area contributed by atoms with E-state index in [1.165, 1.54) is 22.3 Å². The van der Waals surface area contributed by atoms with E-state index in [0.717, 1.165) is 19.5 Å². The summed E-state index contributed by atoms with van der Waals surface area (Å²) in [5.41, 5.74) is 5.49. The lowest BCUT2D eigenvalue weighted by Gasteiger charge is -2.29. The van der Waals surface area contributed by atoms with Crippen molar-refractivity contribution in [1.29, 1.82) is 0 Å². The predicted molar refractivity (Wildman–Crippen MR) is 96.2 cm³/mol. The maximum Gasteiger partial charge on any atom is 0.0602 e. The van der Waals surface area contributed by atoms with Crippen LogP contribution in [-0.2, 0) is 0 Å². The summed E-state index contributed by atoms with van der Waals surface area (Å²) in [4.78, 5) is 2.62. The van der Waals surface area contributed by atoms with Crippen molar-refractivity contribution in [1.82, 2.24) is 4.90 Å². The number of hydrogen-bond donors (Lipinski definition) is 0. The number of hydrogen-bond acceptors (Lipinski definition) is 1. The van der Waals surface area contributed by atoms with Gasteiger partial charge in [-0.05, 0) is 17.5 Å². The molecule has 0 amide bonds. The van der Waals surface area contributed by atoms with Gasteiger partial charge in [0.2, 0.25) is 0 Å². The molecule has 0 bridgehead atoms. The van der Waals surface area contributed by atoms with Gasteiger partial charge in [-0.3, -0.25) is 4.90 Å². The zero-order chi connectivity index (χ0) is 15.8. The summed E-state index contributed by atoms with van der Waals surface area (Å²) in [5.74, 6) is 1.19. The van der Waals surface area contributed by atoms with Crippen LogP contribution in [0.1, 0.15) is 23.6 Å². The number of fused-ring (bicyclic) bond motifs is 1. The lowest BCUT2D eigenvalue weighted by Crippen LogP contribution is -2.28. The Balaban J connectivity index is 1.70. The van der Waals surface area contributed by atoms with E-state index >= 15 is 0 Å². The Morgan fingerprint density at radius 3 is 1.61 bits per heavy atom. The second-order valence-electron chi connectivity index (χ2n) is 6.88. The van der Waals surface area contributed by atoms with Crippen molar-refractivity contribution in [2.24, 2.45) is 11.8 Å². The Hall–Kier alpha value is -2.12. The number of nitrogens with zero attached hydrogens (tertiary/aromatic N) is 1. The Labute approximate surface area is 139 Å². The molecule has 0 radical (unpaired) electrons. The lowest BCUT2D eigenvalue weighted by atomic mass is 9.97. The molecule has 2 aromatic rings. The Morgan fingerprint density at radius 1 is 0.739 bits per heavy atom. The van der Waals surface area contributed by atoms with E-state index < -0.39 is 0 Å². The van der Waals surface area contributed by atoms with Gasteiger partial charge in [-0.2, -0.15) is 0 Å². The van der Waals surface area contributed by atoms with E-state index in [-0.39, 0.29) is 0 Å². The van der Waals surface area contributed by atoms with Crippen LogP contribution in [0.15, 0.2) is 85.0 Å². The highest BCUT2D eigenvalue weighted by Crippen LogP contribution is 2.46. The lowest BCUT2D eigenvalue weighted by molar-refractivity contribution is 0.268. The van der Waals surface area contributed by atoms with Gasteiger partial charge in [0.25, 0.3) is 0 Å². The molecule has 23 heavy (non-hydrogen) atoms. The first-order valence-electron chi connectivity index (χ1n) is 8.43. The first-order valence-corrected chi connectivity index (χ1v) is 8.43. The summed E-state index contributed by atoms with van der Waals surface area (Å²) < 4.78 is 0. The maximum absolute atomic E-state index is 4.30. The molecule has 4 rings (SSSR count).